The maximum atomic E-state index is 9.85. The summed E-state index contributed by atoms with van der Waals surface area (Å²) in [5, 5.41) is 0. The van der Waals surface area contributed by atoms with Crippen LogP contribution in [0.2, 0.25) is 0 Å². The van der Waals surface area contributed by atoms with Crippen LogP contribution >= 0.6 is 8.03 Å². The molecule has 0 spiro atoms. The third kappa shape index (κ3) is 6.68. The fourth-order valence-corrected chi connectivity index (χ4v) is 0. The summed E-state index contributed by atoms with van der Waals surface area (Å²) in [6.45, 7) is 3.41. The minimum atomic E-state index is -1.91. The van der Waals surface area contributed by atoms with E-state index in [0.29, 0.717) is 0 Å². The maximum Gasteiger partial charge on any atom is 0.508 e. The topological polar surface area (TPSA) is 37.3 Å². The summed E-state index contributed by atoms with van der Waals surface area (Å²) in [5.41, 5.74) is -0.0833. The van der Waals surface area contributed by atoms with Crippen molar-refractivity contribution in [2.24, 2.45) is 0 Å². The predicted octanol–water partition coefficient (Wildman–Crippen LogP) is 1.13. The molecule has 2 nitrogen and oxygen atoms in total. The molecule has 0 rings (SSSR count). The number of rotatable bonds is 1. The average Bonchev–Trinajstić information content (AvgIpc) is 1.36. The molecule has 38 valence electrons. The largest absolute Gasteiger partial charge is 0.508 e. The van der Waals surface area contributed by atoms with E-state index in [2.05, 4.69) is 0 Å². The van der Waals surface area contributed by atoms with Crippen LogP contribution in [0.5, 0.6) is 0 Å². The van der Waals surface area contributed by atoms with Gasteiger partial charge in [0.15, 0.2) is 5.66 Å². The van der Waals surface area contributed by atoms with Gasteiger partial charge in [-0.1, -0.05) is 0 Å². The van der Waals surface area contributed by atoms with E-state index in [1.54, 1.807) is 13.8 Å². The SMILES string of the molecule is CC(C)[P+](=O)O.[Zn]. The van der Waals surface area contributed by atoms with E-state index in [-0.39, 0.29) is 25.1 Å². The monoisotopic (exact) mass is 171 g/mol. The summed E-state index contributed by atoms with van der Waals surface area (Å²) >= 11 is 0. The standard InChI is InChI=1S/C3H7O2P.Zn/c1-3(2)6(4)5;/h3H,1-2H3;/p+1. The first-order valence-electron chi connectivity index (χ1n) is 1.80. The fourth-order valence-electron chi connectivity index (χ4n) is 0. The summed E-state index contributed by atoms with van der Waals surface area (Å²) < 4.78 is 9.85. The van der Waals surface area contributed by atoms with Gasteiger partial charge in [-0.05, 0) is 18.4 Å². The van der Waals surface area contributed by atoms with Crippen molar-refractivity contribution in [2.45, 2.75) is 19.5 Å². The number of hydrogen-bond acceptors (Lipinski definition) is 1. The molecular formula is C3H8O2PZn+. The molecule has 0 saturated heterocycles. The zero-order valence-electron chi connectivity index (χ0n) is 4.59. The zero-order chi connectivity index (χ0) is 5.15. The molecule has 0 fully saturated rings. The van der Waals surface area contributed by atoms with E-state index in [4.69, 9.17) is 4.89 Å². The van der Waals surface area contributed by atoms with Gasteiger partial charge in [0.05, 0.1) is 0 Å². The smallest absolute Gasteiger partial charge is 0.161 e. The maximum absolute atomic E-state index is 9.85. The molecule has 0 aromatic rings. The first-order valence-corrected chi connectivity index (χ1v) is 3.08. The second kappa shape index (κ2) is 4.83. The molecule has 0 aromatic heterocycles. The summed E-state index contributed by atoms with van der Waals surface area (Å²) in [5.74, 6) is 0. The van der Waals surface area contributed by atoms with Gasteiger partial charge in [-0.2, -0.15) is 4.89 Å². The molecule has 4 heteroatoms. The van der Waals surface area contributed by atoms with Gasteiger partial charge in [0, 0.05) is 19.5 Å². The molecule has 0 heterocycles. The van der Waals surface area contributed by atoms with Crippen LogP contribution in [-0.4, -0.2) is 10.6 Å². The molecule has 0 radical (unpaired) electrons. The van der Waals surface area contributed by atoms with Crippen molar-refractivity contribution in [3.05, 3.63) is 0 Å². The van der Waals surface area contributed by atoms with Gasteiger partial charge in [0.1, 0.15) is 0 Å². The van der Waals surface area contributed by atoms with Crippen molar-refractivity contribution in [3.8, 4) is 0 Å². The zero-order valence-corrected chi connectivity index (χ0v) is 8.45. The first-order chi connectivity index (χ1) is 2.64. The Morgan fingerprint density at radius 2 is 1.71 bits per heavy atom. The average molecular weight is 172 g/mol. The Hall–Kier alpha value is 0.683. The van der Waals surface area contributed by atoms with Crippen LogP contribution in [0.1, 0.15) is 13.8 Å². The third-order valence-electron chi connectivity index (χ3n) is 0.442. The quantitative estimate of drug-likeness (QED) is 0.476. The summed E-state index contributed by atoms with van der Waals surface area (Å²) in [7, 11) is -1.91. The predicted molar refractivity (Wildman–Crippen MR) is 25.0 cm³/mol. The Morgan fingerprint density at radius 1 is 1.57 bits per heavy atom. The van der Waals surface area contributed by atoms with Crippen LogP contribution in [0.15, 0.2) is 0 Å². The van der Waals surface area contributed by atoms with Crippen molar-refractivity contribution in [1.29, 1.82) is 0 Å². The van der Waals surface area contributed by atoms with Crippen LogP contribution in [0.3, 0.4) is 0 Å². The van der Waals surface area contributed by atoms with Crippen LogP contribution in [0, 0.1) is 0 Å². The molecule has 1 N–H and O–H groups in total. The molecule has 1 atom stereocenters. The van der Waals surface area contributed by atoms with Crippen molar-refractivity contribution >= 4 is 8.03 Å². The van der Waals surface area contributed by atoms with E-state index in [1.807, 2.05) is 0 Å². The Balaban J connectivity index is 0. The molecule has 0 aliphatic heterocycles. The van der Waals surface area contributed by atoms with Gasteiger partial charge < -0.3 is 0 Å². The van der Waals surface area contributed by atoms with Gasteiger partial charge in [-0.15, -0.1) is 0 Å². The molecule has 0 aliphatic rings. The van der Waals surface area contributed by atoms with Gasteiger partial charge >= 0.3 is 8.03 Å². The second-order valence-corrected chi connectivity index (χ2v) is 3.03. The summed E-state index contributed by atoms with van der Waals surface area (Å²) in [6, 6.07) is 0. The molecule has 0 aliphatic carbocycles. The molecule has 0 amide bonds. The van der Waals surface area contributed by atoms with Crippen LogP contribution in [0.4, 0.5) is 0 Å². The second-order valence-electron chi connectivity index (χ2n) is 1.40. The van der Waals surface area contributed by atoms with Gasteiger partial charge in [0.25, 0.3) is 0 Å². The summed E-state index contributed by atoms with van der Waals surface area (Å²) in [4.78, 5) is 8.14. The van der Waals surface area contributed by atoms with Crippen LogP contribution in [0.25, 0.3) is 0 Å². The van der Waals surface area contributed by atoms with Crippen LogP contribution in [-0.2, 0) is 24.0 Å². The molecule has 7 heavy (non-hydrogen) atoms. The van der Waals surface area contributed by atoms with Crippen molar-refractivity contribution in [2.75, 3.05) is 0 Å². The van der Waals surface area contributed by atoms with Gasteiger partial charge in [-0.3, -0.25) is 0 Å². The normalized spacial score (nSPS) is 10.6. The van der Waals surface area contributed by atoms with E-state index in [0.717, 1.165) is 0 Å². The third-order valence-corrected chi connectivity index (χ3v) is 1.33. The Bertz CT molecular complexity index is 64.0. The Morgan fingerprint density at radius 3 is 1.71 bits per heavy atom. The van der Waals surface area contributed by atoms with Crippen molar-refractivity contribution in [3.63, 3.8) is 0 Å². The Labute approximate surface area is 56.9 Å². The van der Waals surface area contributed by atoms with Gasteiger partial charge in [-0.25, -0.2) is 0 Å². The van der Waals surface area contributed by atoms with E-state index in [9.17, 15) is 4.57 Å². The fraction of sp³-hybridized carbons (Fsp3) is 1.00. The molecule has 1 unspecified atom stereocenters. The minimum absolute atomic E-state index is 0. The van der Waals surface area contributed by atoms with Gasteiger partial charge in [0.2, 0.25) is 0 Å². The first kappa shape index (κ1) is 10.6. The molecule has 0 saturated carbocycles. The van der Waals surface area contributed by atoms with Crippen molar-refractivity contribution in [1.82, 2.24) is 0 Å². The van der Waals surface area contributed by atoms with Crippen molar-refractivity contribution < 1.29 is 28.9 Å². The Kier molecular flexibility index (Phi) is 7.34. The van der Waals surface area contributed by atoms with E-state index in [1.165, 1.54) is 0 Å². The van der Waals surface area contributed by atoms with Crippen LogP contribution < -0.4 is 0 Å². The molecular weight excluding hydrogens is 164 g/mol. The van der Waals surface area contributed by atoms with E-state index >= 15 is 0 Å². The van der Waals surface area contributed by atoms with E-state index < -0.39 is 8.03 Å². The summed E-state index contributed by atoms with van der Waals surface area (Å²) in [6.07, 6.45) is 0. The molecule has 0 bridgehead atoms. The number of hydrogen-bond donors (Lipinski definition) is 1. The minimum Gasteiger partial charge on any atom is -0.161 e. The molecule has 0 aromatic carbocycles.